The van der Waals surface area contributed by atoms with Gasteiger partial charge < -0.3 is 10.3 Å². The van der Waals surface area contributed by atoms with Crippen molar-refractivity contribution in [1.82, 2.24) is 4.57 Å². The first-order valence-corrected chi connectivity index (χ1v) is 9.26. The molecular weight excluding hydrogens is 377 g/mol. The molecule has 0 aliphatic carbocycles. The molecule has 0 atom stereocenters. The van der Waals surface area contributed by atoms with E-state index in [1.54, 1.807) is 22.8 Å². The van der Waals surface area contributed by atoms with Gasteiger partial charge in [-0.05, 0) is 35.7 Å². The van der Waals surface area contributed by atoms with Crippen LogP contribution in [0.25, 0.3) is 21.8 Å². The molecule has 0 saturated carbocycles. The molecule has 148 valence electrons. The Bertz CT molecular complexity index is 1270. The number of halogens is 3. The van der Waals surface area contributed by atoms with Gasteiger partial charge in [-0.15, -0.1) is 0 Å². The maximum atomic E-state index is 14.4. The molecule has 4 rings (SSSR count). The first-order valence-electron chi connectivity index (χ1n) is 9.26. The zero-order valence-electron chi connectivity index (χ0n) is 16.0. The van der Waals surface area contributed by atoms with Crippen molar-refractivity contribution < 1.29 is 18.0 Å². The number of nitrogens with two attached hydrogens (primary N) is 1. The fraction of sp³-hybridized carbons (Fsp3) is 0.174. The smallest absolute Gasteiger partial charge is 0.249 e. The van der Waals surface area contributed by atoms with Crippen LogP contribution in [0, 0.1) is 17.5 Å². The number of hydrogen-bond donors (Lipinski definition) is 1. The first kappa shape index (κ1) is 19.1. The van der Waals surface area contributed by atoms with Crippen molar-refractivity contribution in [3.8, 4) is 0 Å². The largest absolute Gasteiger partial charge is 0.366 e. The molecule has 6 heteroatoms. The van der Waals surface area contributed by atoms with Gasteiger partial charge in [0.1, 0.15) is 5.82 Å². The molecule has 0 radical (unpaired) electrons. The SMILES string of the molecule is CC(C)c1ccc2c3c(C(N)=O)cccc3n(Cc3cc(F)cc(F)c3F)c2c1. The van der Waals surface area contributed by atoms with Gasteiger partial charge in [0.2, 0.25) is 5.91 Å². The highest BCUT2D eigenvalue weighted by molar-refractivity contribution is 6.18. The number of aromatic nitrogens is 1. The van der Waals surface area contributed by atoms with E-state index in [0.29, 0.717) is 22.5 Å². The van der Waals surface area contributed by atoms with Gasteiger partial charge in [-0.2, -0.15) is 0 Å². The summed E-state index contributed by atoms with van der Waals surface area (Å²) in [4.78, 5) is 12.0. The zero-order valence-corrected chi connectivity index (χ0v) is 16.0. The summed E-state index contributed by atoms with van der Waals surface area (Å²) < 4.78 is 43.6. The Kier molecular flexibility index (Phi) is 4.57. The second-order valence-electron chi connectivity index (χ2n) is 7.44. The van der Waals surface area contributed by atoms with Gasteiger partial charge in [0.05, 0.1) is 12.1 Å². The van der Waals surface area contributed by atoms with Gasteiger partial charge in [0.25, 0.3) is 0 Å². The van der Waals surface area contributed by atoms with Crippen LogP contribution in [-0.2, 0) is 6.54 Å². The lowest BCUT2D eigenvalue weighted by atomic mass is 10.00. The third kappa shape index (κ3) is 3.14. The van der Waals surface area contributed by atoms with Gasteiger partial charge in [-0.25, -0.2) is 13.2 Å². The molecule has 0 bridgehead atoms. The van der Waals surface area contributed by atoms with E-state index in [0.717, 1.165) is 22.5 Å². The Balaban J connectivity index is 2.07. The zero-order chi connectivity index (χ0) is 20.9. The summed E-state index contributed by atoms with van der Waals surface area (Å²) in [6.45, 7) is 4.00. The van der Waals surface area contributed by atoms with E-state index >= 15 is 0 Å². The monoisotopic (exact) mass is 396 g/mol. The van der Waals surface area contributed by atoms with Crippen LogP contribution in [0.2, 0.25) is 0 Å². The number of fused-ring (bicyclic) bond motifs is 3. The minimum Gasteiger partial charge on any atom is -0.366 e. The topological polar surface area (TPSA) is 48.0 Å². The molecule has 2 N–H and O–H groups in total. The van der Waals surface area contributed by atoms with Crippen molar-refractivity contribution >= 4 is 27.7 Å². The second-order valence-corrected chi connectivity index (χ2v) is 7.44. The van der Waals surface area contributed by atoms with Gasteiger partial charge in [0.15, 0.2) is 11.6 Å². The third-order valence-electron chi connectivity index (χ3n) is 5.24. The summed E-state index contributed by atoms with van der Waals surface area (Å²) in [5.74, 6) is -3.51. The highest BCUT2D eigenvalue weighted by atomic mass is 19.2. The van der Waals surface area contributed by atoms with Crippen molar-refractivity contribution in [3.05, 3.63) is 82.7 Å². The molecule has 1 heterocycles. The van der Waals surface area contributed by atoms with Crippen molar-refractivity contribution in [3.63, 3.8) is 0 Å². The first-order chi connectivity index (χ1) is 13.8. The minimum absolute atomic E-state index is 0.0930. The summed E-state index contributed by atoms with van der Waals surface area (Å²) in [6, 6.07) is 12.4. The van der Waals surface area contributed by atoms with Gasteiger partial charge in [-0.1, -0.05) is 32.0 Å². The third-order valence-corrected chi connectivity index (χ3v) is 5.24. The second kappa shape index (κ2) is 6.95. The fourth-order valence-corrected chi connectivity index (χ4v) is 3.79. The molecule has 0 fully saturated rings. The molecule has 29 heavy (non-hydrogen) atoms. The van der Waals surface area contributed by atoms with E-state index in [1.165, 1.54) is 0 Å². The van der Waals surface area contributed by atoms with E-state index in [-0.39, 0.29) is 18.0 Å². The molecule has 1 amide bonds. The van der Waals surface area contributed by atoms with Crippen LogP contribution in [0.5, 0.6) is 0 Å². The van der Waals surface area contributed by atoms with Crippen molar-refractivity contribution in [2.75, 3.05) is 0 Å². The normalized spacial score (nSPS) is 11.7. The molecule has 3 nitrogen and oxygen atoms in total. The summed E-state index contributed by atoms with van der Waals surface area (Å²) in [5, 5.41) is 1.42. The van der Waals surface area contributed by atoms with Crippen molar-refractivity contribution in [1.29, 1.82) is 0 Å². The van der Waals surface area contributed by atoms with Crippen LogP contribution in [0.3, 0.4) is 0 Å². The maximum absolute atomic E-state index is 14.4. The summed E-state index contributed by atoms with van der Waals surface area (Å²) in [7, 11) is 0. The predicted molar refractivity (Wildman–Crippen MR) is 107 cm³/mol. The lowest BCUT2D eigenvalue weighted by Gasteiger charge is -2.11. The number of amides is 1. The number of rotatable bonds is 4. The maximum Gasteiger partial charge on any atom is 0.249 e. The molecule has 0 aliphatic rings. The molecule has 4 aromatic rings. The van der Waals surface area contributed by atoms with Crippen molar-refractivity contribution in [2.24, 2.45) is 5.73 Å². The molecule has 1 aromatic heterocycles. The Labute approximate surface area is 165 Å². The van der Waals surface area contributed by atoms with Crippen LogP contribution in [-0.4, -0.2) is 10.5 Å². The van der Waals surface area contributed by atoms with E-state index in [1.807, 2.05) is 32.0 Å². The average molecular weight is 396 g/mol. The van der Waals surface area contributed by atoms with Crippen LogP contribution < -0.4 is 5.73 Å². The van der Waals surface area contributed by atoms with Crippen LogP contribution in [0.15, 0.2) is 48.5 Å². The molecule has 3 aromatic carbocycles. The van der Waals surface area contributed by atoms with Gasteiger partial charge in [0, 0.05) is 33.5 Å². The van der Waals surface area contributed by atoms with E-state index in [4.69, 9.17) is 5.73 Å². The number of nitrogens with zero attached hydrogens (tertiary/aromatic N) is 1. The van der Waals surface area contributed by atoms with E-state index in [9.17, 15) is 18.0 Å². The average Bonchev–Trinajstić information content (AvgIpc) is 2.98. The molecule has 0 aliphatic heterocycles. The predicted octanol–water partition coefficient (Wildman–Crippen LogP) is 5.48. The summed E-state index contributed by atoms with van der Waals surface area (Å²) in [5.41, 5.74) is 8.23. The van der Waals surface area contributed by atoms with Crippen LogP contribution in [0.4, 0.5) is 13.2 Å². The Morgan fingerprint density at radius 2 is 1.79 bits per heavy atom. The molecule has 0 unspecified atom stereocenters. The standard InChI is InChI=1S/C23H19F3N2O/c1-12(2)13-6-7-16-20(9-13)28(11-14-8-15(24)10-18(25)22(14)26)19-5-3-4-17(21(16)19)23(27)29/h3-10,12H,11H2,1-2H3,(H2,27,29). The highest BCUT2D eigenvalue weighted by Gasteiger charge is 2.19. The Morgan fingerprint density at radius 1 is 1.03 bits per heavy atom. The summed E-state index contributed by atoms with van der Waals surface area (Å²) in [6.07, 6.45) is 0. The number of carbonyl (C=O) groups is 1. The van der Waals surface area contributed by atoms with Gasteiger partial charge in [-0.3, -0.25) is 4.79 Å². The fourth-order valence-electron chi connectivity index (χ4n) is 3.79. The number of primary amides is 1. The number of benzene rings is 3. The lowest BCUT2D eigenvalue weighted by molar-refractivity contribution is 0.100. The molecule has 0 saturated heterocycles. The highest BCUT2D eigenvalue weighted by Crippen LogP contribution is 2.34. The molecular formula is C23H19F3N2O. The van der Waals surface area contributed by atoms with Gasteiger partial charge >= 0.3 is 0 Å². The lowest BCUT2D eigenvalue weighted by Crippen LogP contribution is -2.11. The number of hydrogen-bond acceptors (Lipinski definition) is 1. The quantitative estimate of drug-likeness (QED) is 0.456. The Hall–Kier alpha value is -3.28. The Morgan fingerprint density at radius 3 is 2.48 bits per heavy atom. The summed E-state index contributed by atoms with van der Waals surface area (Å²) >= 11 is 0. The minimum atomic E-state index is -1.23. The van der Waals surface area contributed by atoms with Crippen LogP contribution >= 0.6 is 0 Å². The van der Waals surface area contributed by atoms with E-state index < -0.39 is 23.4 Å². The van der Waals surface area contributed by atoms with E-state index in [2.05, 4.69) is 0 Å². The number of carbonyl (C=O) groups excluding carboxylic acids is 1. The van der Waals surface area contributed by atoms with Crippen molar-refractivity contribution in [2.45, 2.75) is 26.3 Å². The van der Waals surface area contributed by atoms with Crippen LogP contribution in [0.1, 0.15) is 41.3 Å². The molecule has 0 spiro atoms.